The number of rotatable bonds is 4. The Bertz CT molecular complexity index is 647. The van der Waals surface area contributed by atoms with Gasteiger partial charge in [-0.2, -0.15) is 0 Å². The lowest BCUT2D eigenvalue weighted by Gasteiger charge is -2.03. The van der Waals surface area contributed by atoms with E-state index in [0.29, 0.717) is 6.54 Å². The third-order valence-corrected chi connectivity index (χ3v) is 4.98. The number of anilines is 1. The minimum atomic E-state index is 0.705. The minimum absolute atomic E-state index is 0.705. The van der Waals surface area contributed by atoms with E-state index in [0.717, 1.165) is 21.2 Å². The van der Waals surface area contributed by atoms with E-state index in [-0.39, 0.29) is 0 Å². The molecule has 1 aromatic carbocycles. The van der Waals surface area contributed by atoms with Gasteiger partial charge in [0.2, 0.25) is 0 Å². The van der Waals surface area contributed by atoms with Crippen LogP contribution in [-0.2, 0) is 6.54 Å². The molecule has 3 rings (SSSR count). The standard InChI is InChI=1S/C11H10N4S3/c1-16-11-13-9-3-2-7(4-10(9)18-11)12-5-8-6-17-15-14-8/h2-4,6,12H,5H2,1H3. The van der Waals surface area contributed by atoms with E-state index >= 15 is 0 Å². The number of nitrogens with one attached hydrogen (secondary N) is 1. The Morgan fingerprint density at radius 2 is 2.33 bits per heavy atom. The first-order valence-electron chi connectivity index (χ1n) is 5.29. The molecule has 0 unspecified atom stereocenters. The lowest BCUT2D eigenvalue weighted by molar-refractivity contribution is 0.999. The molecule has 0 spiro atoms. The van der Waals surface area contributed by atoms with Gasteiger partial charge in [0.05, 0.1) is 22.5 Å². The van der Waals surface area contributed by atoms with E-state index in [1.807, 2.05) is 23.8 Å². The molecule has 0 aliphatic rings. The van der Waals surface area contributed by atoms with Crippen LogP contribution >= 0.6 is 34.6 Å². The lowest BCUT2D eigenvalue weighted by atomic mass is 10.3. The van der Waals surface area contributed by atoms with E-state index < -0.39 is 0 Å². The van der Waals surface area contributed by atoms with Crippen molar-refractivity contribution in [3.05, 3.63) is 29.3 Å². The highest BCUT2D eigenvalue weighted by Crippen LogP contribution is 2.30. The van der Waals surface area contributed by atoms with Gasteiger partial charge in [0.1, 0.15) is 0 Å². The third-order valence-electron chi connectivity index (χ3n) is 2.42. The molecule has 0 saturated heterocycles. The summed E-state index contributed by atoms with van der Waals surface area (Å²) in [4.78, 5) is 4.52. The molecule has 2 aromatic heterocycles. The second-order valence-corrected chi connectivity index (χ2v) is 6.31. The van der Waals surface area contributed by atoms with Crippen LogP contribution in [0.15, 0.2) is 27.9 Å². The quantitative estimate of drug-likeness (QED) is 0.747. The van der Waals surface area contributed by atoms with Gasteiger partial charge in [0, 0.05) is 11.1 Å². The summed E-state index contributed by atoms with van der Waals surface area (Å²) in [5.74, 6) is 0. The summed E-state index contributed by atoms with van der Waals surface area (Å²) in [6, 6.07) is 6.23. The molecule has 0 amide bonds. The zero-order chi connectivity index (χ0) is 12.4. The molecule has 92 valence electrons. The Kier molecular flexibility index (Phi) is 3.44. The van der Waals surface area contributed by atoms with Crippen molar-refractivity contribution in [1.82, 2.24) is 14.6 Å². The average Bonchev–Trinajstić information content (AvgIpc) is 3.04. The van der Waals surface area contributed by atoms with Crippen molar-refractivity contribution in [3.8, 4) is 0 Å². The highest BCUT2D eigenvalue weighted by molar-refractivity contribution is 8.00. The van der Waals surface area contributed by atoms with Gasteiger partial charge >= 0.3 is 0 Å². The minimum Gasteiger partial charge on any atom is -0.379 e. The van der Waals surface area contributed by atoms with Crippen LogP contribution < -0.4 is 5.32 Å². The van der Waals surface area contributed by atoms with Gasteiger partial charge in [0.15, 0.2) is 4.34 Å². The highest BCUT2D eigenvalue weighted by atomic mass is 32.2. The molecule has 4 nitrogen and oxygen atoms in total. The van der Waals surface area contributed by atoms with Crippen LogP contribution in [0.1, 0.15) is 5.69 Å². The first kappa shape index (κ1) is 11.9. The molecular weight excluding hydrogens is 284 g/mol. The number of thioether (sulfide) groups is 1. The average molecular weight is 294 g/mol. The van der Waals surface area contributed by atoms with Crippen LogP contribution in [0.25, 0.3) is 10.2 Å². The monoisotopic (exact) mass is 294 g/mol. The molecule has 18 heavy (non-hydrogen) atoms. The van der Waals surface area contributed by atoms with E-state index in [1.54, 1.807) is 23.1 Å². The van der Waals surface area contributed by atoms with Crippen molar-refractivity contribution in [3.63, 3.8) is 0 Å². The maximum absolute atomic E-state index is 4.52. The first-order valence-corrected chi connectivity index (χ1v) is 8.17. The maximum Gasteiger partial charge on any atom is 0.150 e. The summed E-state index contributed by atoms with van der Waals surface area (Å²) in [7, 11) is 0. The molecule has 0 atom stereocenters. The zero-order valence-electron chi connectivity index (χ0n) is 9.58. The summed E-state index contributed by atoms with van der Waals surface area (Å²) in [6.45, 7) is 0.705. The number of nitrogens with zero attached hydrogens (tertiary/aromatic N) is 3. The van der Waals surface area contributed by atoms with Crippen LogP contribution in [0.5, 0.6) is 0 Å². The first-order chi connectivity index (χ1) is 8.85. The van der Waals surface area contributed by atoms with Crippen LogP contribution in [0.2, 0.25) is 0 Å². The Hall–Kier alpha value is -1.18. The number of fused-ring (bicyclic) bond motifs is 1. The van der Waals surface area contributed by atoms with Crippen molar-refractivity contribution >= 4 is 50.5 Å². The number of hydrogen-bond acceptors (Lipinski definition) is 7. The van der Waals surface area contributed by atoms with Crippen molar-refractivity contribution < 1.29 is 0 Å². The Morgan fingerprint density at radius 1 is 1.39 bits per heavy atom. The van der Waals surface area contributed by atoms with Gasteiger partial charge in [-0.3, -0.25) is 0 Å². The van der Waals surface area contributed by atoms with Crippen LogP contribution in [0.3, 0.4) is 0 Å². The number of benzene rings is 1. The molecule has 0 bridgehead atoms. The smallest absolute Gasteiger partial charge is 0.150 e. The number of hydrogen-bond donors (Lipinski definition) is 1. The second kappa shape index (κ2) is 5.21. The van der Waals surface area contributed by atoms with Gasteiger partial charge in [0.25, 0.3) is 0 Å². The van der Waals surface area contributed by atoms with Crippen LogP contribution in [-0.4, -0.2) is 20.8 Å². The van der Waals surface area contributed by atoms with E-state index in [1.165, 1.54) is 16.2 Å². The summed E-state index contributed by atoms with van der Waals surface area (Å²) in [6.07, 6.45) is 2.05. The molecule has 0 radical (unpaired) electrons. The van der Waals surface area contributed by atoms with E-state index in [4.69, 9.17) is 0 Å². The van der Waals surface area contributed by atoms with Crippen molar-refractivity contribution in [1.29, 1.82) is 0 Å². The molecule has 0 aliphatic carbocycles. The van der Waals surface area contributed by atoms with E-state index in [2.05, 4.69) is 26.0 Å². The summed E-state index contributed by atoms with van der Waals surface area (Å²) < 4.78 is 6.15. The molecule has 0 fully saturated rings. The zero-order valence-corrected chi connectivity index (χ0v) is 12.0. The summed E-state index contributed by atoms with van der Waals surface area (Å²) in [5, 5.41) is 9.30. The Labute approximate surface area is 117 Å². The fraction of sp³-hybridized carbons (Fsp3) is 0.182. The maximum atomic E-state index is 4.52. The van der Waals surface area contributed by atoms with Crippen molar-refractivity contribution in [2.24, 2.45) is 0 Å². The van der Waals surface area contributed by atoms with Crippen LogP contribution in [0.4, 0.5) is 5.69 Å². The lowest BCUT2D eigenvalue weighted by Crippen LogP contribution is -1.99. The van der Waals surface area contributed by atoms with Gasteiger partial charge in [-0.25, -0.2) is 4.98 Å². The Balaban J connectivity index is 1.80. The number of thiazole rings is 1. The third kappa shape index (κ3) is 2.47. The molecule has 7 heteroatoms. The number of aromatic nitrogens is 3. The molecule has 3 aromatic rings. The predicted molar refractivity (Wildman–Crippen MR) is 78.6 cm³/mol. The van der Waals surface area contributed by atoms with Crippen molar-refractivity contribution in [2.75, 3.05) is 11.6 Å². The molecule has 1 N–H and O–H groups in total. The van der Waals surface area contributed by atoms with Gasteiger partial charge in [-0.15, -0.1) is 16.4 Å². The predicted octanol–water partition coefficient (Wildman–Crippen LogP) is 3.48. The van der Waals surface area contributed by atoms with E-state index in [9.17, 15) is 0 Å². The Morgan fingerprint density at radius 3 is 3.11 bits per heavy atom. The van der Waals surface area contributed by atoms with Gasteiger partial charge in [-0.05, 0) is 36.0 Å². The fourth-order valence-electron chi connectivity index (χ4n) is 1.55. The second-order valence-electron chi connectivity index (χ2n) is 3.62. The summed E-state index contributed by atoms with van der Waals surface area (Å²) in [5.41, 5.74) is 3.12. The van der Waals surface area contributed by atoms with Crippen molar-refractivity contribution in [2.45, 2.75) is 10.9 Å². The van der Waals surface area contributed by atoms with Gasteiger partial charge < -0.3 is 5.32 Å². The highest BCUT2D eigenvalue weighted by Gasteiger charge is 2.04. The molecular formula is C11H10N4S3. The largest absolute Gasteiger partial charge is 0.379 e. The molecule has 2 heterocycles. The molecule has 0 aliphatic heterocycles. The molecule has 0 saturated carbocycles. The normalized spacial score (nSPS) is 10.9. The van der Waals surface area contributed by atoms with Crippen LogP contribution in [0, 0.1) is 0 Å². The van der Waals surface area contributed by atoms with Gasteiger partial charge in [-0.1, -0.05) is 16.3 Å². The topological polar surface area (TPSA) is 50.7 Å². The summed E-state index contributed by atoms with van der Waals surface area (Å²) >= 11 is 4.77. The fourth-order valence-corrected chi connectivity index (χ4v) is 3.53. The SMILES string of the molecule is CSc1nc2ccc(NCc3csnn3)cc2s1.